The van der Waals surface area contributed by atoms with Gasteiger partial charge in [0.2, 0.25) is 0 Å². The summed E-state index contributed by atoms with van der Waals surface area (Å²) in [5, 5.41) is 9.19. The molecule has 0 aromatic heterocycles. The molecule has 0 unspecified atom stereocenters. The van der Waals surface area contributed by atoms with Crippen LogP contribution in [0.2, 0.25) is 0 Å². The normalized spacial score (nSPS) is 37.1. The Morgan fingerprint density at radius 3 is 2.65 bits per heavy atom. The number of carboxylic acid groups (broad SMARTS) is 1. The van der Waals surface area contributed by atoms with Gasteiger partial charge in [0.15, 0.2) is 0 Å². The number of carboxylic acids is 1. The molecule has 2 heteroatoms. The van der Waals surface area contributed by atoms with Crippen molar-refractivity contribution >= 4 is 5.97 Å². The van der Waals surface area contributed by atoms with Crippen LogP contribution in [-0.4, -0.2) is 11.1 Å². The van der Waals surface area contributed by atoms with Gasteiger partial charge in [-0.2, -0.15) is 0 Å². The van der Waals surface area contributed by atoms with Crippen molar-refractivity contribution in [2.75, 3.05) is 0 Å². The molecule has 2 saturated carbocycles. The highest BCUT2D eigenvalue weighted by atomic mass is 16.4. The molecule has 0 saturated heterocycles. The SMILES string of the molecule is C=C1CCC[C@@H](C(=O)O)CC[C@@H]2[C@H]1CC2(C)C. The Morgan fingerprint density at radius 2 is 2.06 bits per heavy atom. The van der Waals surface area contributed by atoms with Crippen LogP contribution in [0.3, 0.4) is 0 Å². The first-order valence-electron chi connectivity index (χ1n) is 6.82. The van der Waals surface area contributed by atoms with E-state index in [-0.39, 0.29) is 5.92 Å². The number of fused-ring (bicyclic) bond motifs is 1. The summed E-state index contributed by atoms with van der Waals surface area (Å²) >= 11 is 0. The lowest BCUT2D eigenvalue weighted by atomic mass is 9.52. The lowest BCUT2D eigenvalue weighted by Gasteiger charge is -2.53. The van der Waals surface area contributed by atoms with Crippen LogP contribution in [0.4, 0.5) is 0 Å². The summed E-state index contributed by atoms with van der Waals surface area (Å²) in [4.78, 5) is 11.2. The average molecular weight is 236 g/mol. The van der Waals surface area contributed by atoms with Crippen LogP contribution in [0.15, 0.2) is 12.2 Å². The third-order valence-corrected chi connectivity index (χ3v) is 4.99. The van der Waals surface area contributed by atoms with E-state index in [4.69, 9.17) is 0 Å². The molecule has 2 rings (SSSR count). The molecule has 0 heterocycles. The Balaban J connectivity index is 2.08. The quantitative estimate of drug-likeness (QED) is 0.702. The second-order valence-corrected chi connectivity index (χ2v) is 6.57. The fourth-order valence-corrected chi connectivity index (χ4v) is 3.80. The number of carbonyl (C=O) groups is 1. The van der Waals surface area contributed by atoms with Gasteiger partial charge in [0.25, 0.3) is 0 Å². The van der Waals surface area contributed by atoms with Crippen LogP contribution in [0.5, 0.6) is 0 Å². The van der Waals surface area contributed by atoms with E-state index < -0.39 is 5.97 Å². The highest BCUT2D eigenvalue weighted by molar-refractivity contribution is 5.69. The Hall–Kier alpha value is -0.790. The summed E-state index contributed by atoms with van der Waals surface area (Å²) in [5.41, 5.74) is 1.77. The van der Waals surface area contributed by atoms with E-state index in [1.54, 1.807) is 0 Å². The summed E-state index contributed by atoms with van der Waals surface area (Å²) in [5.74, 6) is 0.594. The molecule has 0 radical (unpaired) electrons. The summed E-state index contributed by atoms with van der Waals surface area (Å²) in [7, 11) is 0. The number of rotatable bonds is 1. The van der Waals surface area contributed by atoms with Crippen molar-refractivity contribution in [3.8, 4) is 0 Å². The molecule has 0 bridgehead atoms. The van der Waals surface area contributed by atoms with Crippen LogP contribution in [-0.2, 0) is 4.79 Å². The first-order valence-corrected chi connectivity index (χ1v) is 6.82. The van der Waals surface area contributed by atoms with Gasteiger partial charge in [-0.15, -0.1) is 0 Å². The van der Waals surface area contributed by atoms with Crippen molar-refractivity contribution < 1.29 is 9.90 Å². The smallest absolute Gasteiger partial charge is 0.306 e. The molecule has 0 spiro atoms. The van der Waals surface area contributed by atoms with Crippen LogP contribution < -0.4 is 0 Å². The van der Waals surface area contributed by atoms with Crippen molar-refractivity contribution in [3.63, 3.8) is 0 Å². The third kappa shape index (κ3) is 2.41. The minimum absolute atomic E-state index is 0.127. The largest absolute Gasteiger partial charge is 0.481 e. The third-order valence-electron chi connectivity index (χ3n) is 4.99. The number of hydrogen-bond donors (Lipinski definition) is 1. The van der Waals surface area contributed by atoms with Gasteiger partial charge in [-0.25, -0.2) is 0 Å². The Bertz CT molecular complexity index is 330. The van der Waals surface area contributed by atoms with Gasteiger partial charge in [0, 0.05) is 0 Å². The first kappa shape index (κ1) is 12.7. The average Bonchev–Trinajstić information content (AvgIpc) is 2.28. The zero-order chi connectivity index (χ0) is 12.6. The standard InChI is InChI=1S/C15H24O2/c1-10-5-4-6-11(14(16)17)7-8-13-12(10)9-15(13,2)3/h11-13H,1,4-9H2,2-3H3,(H,16,17)/t11-,12+,13-/m1/s1. The molecule has 96 valence electrons. The summed E-state index contributed by atoms with van der Waals surface area (Å²) in [6, 6.07) is 0. The Labute approximate surface area is 104 Å². The van der Waals surface area contributed by atoms with Crippen molar-refractivity contribution in [1.29, 1.82) is 0 Å². The molecule has 2 nitrogen and oxygen atoms in total. The van der Waals surface area contributed by atoms with E-state index in [0.29, 0.717) is 17.3 Å². The summed E-state index contributed by atoms with van der Waals surface area (Å²) in [6.45, 7) is 8.86. The van der Waals surface area contributed by atoms with E-state index in [1.165, 1.54) is 12.0 Å². The van der Waals surface area contributed by atoms with Crippen molar-refractivity contribution in [3.05, 3.63) is 12.2 Å². The predicted octanol–water partition coefficient (Wildman–Crippen LogP) is 3.87. The highest BCUT2D eigenvalue weighted by Crippen LogP contribution is 2.56. The van der Waals surface area contributed by atoms with Gasteiger partial charge in [-0.3, -0.25) is 4.79 Å². The predicted molar refractivity (Wildman–Crippen MR) is 68.7 cm³/mol. The first-order chi connectivity index (χ1) is 7.92. The van der Waals surface area contributed by atoms with E-state index in [1.807, 2.05) is 0 Å². The molecule has 0 amide bonds. The molecule has 0 aromatic carbocycles. The van der Waals surface area contributed by atoms with Crippen LogP contribution in [0.25, 0.3) is 0 Å². The lowest BCUT2D eigenvalue weighted by molar-refractivity contribution is -0.142. The van der Waals surface area contributed by atoms with Crippen LogP contribution in [0.1, 0.15) is 52.4 Å². The minimum Gasteiger partial charge on any atom is -0.481 e. The maximum absolute atomic E-state index is 11.2. The fourth-order valence-electron chi connectivity index (χ4n) is 3.80. The van der Waals surface area contributed by atoms with Gasteiger partial charge in [0.05, 0.1) is 5.92 Å². The van der Waals surface area contributed by atoms with Gasteiger partial charge in [0.1, 0.15) is 0 Å². The van der Waals surface area contributed by atoms with Crippen molar-refractivity contribution in [2.24, 2.45) is 23.2 Å². The second-order valence-electron chi connectivity index (χ2n) is 6.57. The van der Waals surface area contributed by atoms with Crippen LogP contribution in [0, 0.1) is 23.2 Å². The molecule has 17 heavy (non-hydrogen) atoms. The van der Waals surface area contributed by atoms with Crippen molar-refractivity contribution in [2.45, 2.75) is 52.4 Å². The minimum atomic E-state index is -0.605. The van der Waals surface area contributed by atoms with Crippen molar-refractivity contribution in [1.82, 2.24) is 0 Å². The van der Waals surface area contributed by atoms with E-state index in [2.05, 4.69) is 20.4 Å². The van der Waals surface area contributed by atoms with E-state index >= 15 is 0 Å². The molecule has 2 aliphatic rings. The number of allylic oxidation sites excluding steroid dienone is 1. The van der Waals surface area contributed by atoms with Gasteiger partial charge in [-0.05, 0) is 55.8 Å². The molecule has 0 aliphatic heterocycles. The fraction of sp³-hybridized carbons (Fsp3) is 0.800. The second kappa shape index (κ2) is 4.47. The molecular weight excluding hydrogens is 212 g/mol. The Kier molecular flexibility index (Phi) is 3.33. The summed E-state index contributed by atoms with van der Waals surface area (Å²) in [6.07, 6.45) is 6.02. The lowest BCUT2D eigenvalue weighted by Crippen LogP contribution is -2.44. The molecule has 1 N–H and O–H groups in total. The molecule has 2 fully saturated rings. The maximum Gasteiger partial charge on any atom is 0.306 e. The van der Waals surface area contributed by atoms with Gasteiger partial charge < -0.3 is 5.11 Å². The Morgan fingerprint density at radius 1 is 1.35 bits per heavy atom. The highest BCUT2D eigenvalue weighted by Gasteiger charge is 2.48. The zero-order valence-electron chi connectivity index (χ0n) is 11.0. The molecule has 3 atom stereocenters. The number of aliphatic carboxylic acids is 1. The molecule has 0 aromatic rings. The van der Waals surface area contributed by atoms with Crippen LogP contribution >= 0.6 is 0 Å². The van der Waals surface area contributed by atoms with Gasteiger partial charge in [-0.1, -0.05) is 26.0 Å². The number of hydrogen-bond acceptors (Lipinski definition) is 1. The zero-order valence-corrected chi connectivity index (χ0v) is 11.0. The molecule has 2 aliphatic carbocycles. The van der Waals surface area contributed by atoms with E-state index in [0.717, 1.165) is 32.1 Å². The topological polar surface area (TPSA) is 37.3 Å². The summed E-state index contributed by atoms with van der Waals surface area (Å²) < 4.78 is 0. The monoisotopic (exact) mass is 236 g/mol. The maximum atomic E-state index is 11.2. The van der Waals surface area contributed by atoms with E-state index in [9.17, 15) is 9.90 Å². The van der Waals surface area contributed by atoms with Gasteiger partial charge >= 0.3 is 5.97 Å². The molecular formula is C15H24O2.